The fourth-order valence-electron chi connectivity index (χ4n) is 3.25. The molecule has 0 amide bonds. The van der Waals surface area contributed by atoms with E-state index in [0.717, 1.165) is 12.1 Å². The molecular formula is C25H21F2N3O5S. The molecule has 36 heavy (non-hydrogen) atoms. The minimum atomic E-state index is -3.61. The van der Waals surface area contributed by atoms with Crippen molar-refractivity contribution in [2.75, 3.05) is 10.5 Å². The van der Waals surface area contributed by atoms with Crippen LogP contribution in [0.4, 0.5) is 14.5 Å². The Bertz CT molecular complexity index is 1570. The van der Waals surface area contributed by atoms with Crippen molar-refractivity contribution >= 4 is 15.7 Å². The second kappa shape index (κ2) is 10.2. The Hall–Kier alpha value is -4.25. The molecule has 0 aliphatic rings. The molecule has 1 N–H and O–H groups in total. The fourth-order valence-corrected chi connectivity index (χ4v) is 3.88. The Morgan fingerprint density at radius 3 is 2.33 bits per heavy atom. The van der Waals surface area contributed by atoms with Gasteiger partial charge in [-0.2, -0.15) is 0 Å². The summed E-state index contributed by atoms with van der Waals surface area (Å²) in [5.74, 6) is -1.45. The number of nitrogens with one attached hydrogen (secondary N) is 1. The Morgan fingerprint density at radius 1 is 0.917 bits per heavy atom. The average molecular weight is 514 g/mol. The number of ether oxygens (including phenoxy) is 2. The molecule has 2 heterocycles. The van der Waals surface area contributed by atoms with Crippen LogP contribution in [0.15, 0.2) is 78.0 Å². The van der Waals surface area contributed by atoms with E-state index in [0.29, 0.717) is 17.4 Å². The maximum atomic E-state index is 14.4. The molecule has 0 fully saturated rings. The van der Waals surface area contributed by atoms with Gasteiger partial charge < -0.3 is 14.0 Å². The van der Waals surface area contributed by atoms with Crippen molar-refractivity contribution in [2.45, 2.75) is 6.92 Å². The number of hydrogen-bond donors (Lipinski definition) is 1. The molecule has 2 aromatic carbocycles. The highest BCUT2D eigenvalue weighted by molar-refractivity contribution is 7.92. The summed E-state index contributed by atoms with van der Waals surface area (Å²) in [6.45, 7) is 1.49. The molecule has 0 spiro atoms. The van der Waals surface area contributed by atoms with E-state index >= 15 is 0 Å². The predicted molar refractivity (Wildman–Crippen MR) is 131 cm³/mol. The quantitative estimate of drug-likeness (QED) is 0.353. The lowest BCUT2D eigenvalue weighted by Crippen LogP contribution is -2.16. The molecule has 4 rings (SSSR count). The monoisotopic (exact) mass is 513 g/mol. The highest BCUT2D eigenvalue weighted by Gasteiger charge is 2.19. The van der Waals surface area contributed by atoms with E-state index in [1.54, 1.807) is 12.1 Å². The summed E-state index contributed by atoms with van der Waals surface area (Å²) in [6, 6.07) is 11.7. The number of aryl methyl sites for hydroxylation is 1. The van der Waals surface area contributed by atoms with Gasteiger partial charge >= 0.3 is 0 Å². The lowest BCUT2D eigenvalue weighted by atomic mass is 10.0. The zero-order chi connectivity index (χ0) is 25.9. The molecule has 8 nitrogen and oxygen atoms in total. The predicted octanol–water partition coefficient (Wildman–Crippen LogP) is 5.07. The second-order valence-corrected chi connectivity index (χ2v) is 9.69. The summed E-state index contributed by atoms with van der Waals surface area (Å²) in [5, 5.41) is 0. The van der Waals surface area contributed by atoms with Gasteiger partial charge in [-0.15, -0.1) is 0 Å². The third-order valence-corrected chi connectivity index (χ3v) is 6.41. The summed E-state index contributed by atoms with van der Waals surface area (Å²) in [5.41, 5.74) is 0.485. The van der Waals surface area contributed by atoms with Crippen molar-refractivity contribution in [1.29, 1.82) is 0 Å². The third-order valence-electron chi connectivity index (χ3n) is 5.10. The van der Waals surface area contributed by atoms with Gasteiger partial charge in [-0.1, -0.05) is 0 Å². The first-order valence-electron chi connectivity index (χ1n) is 10.7. The first kappa shape index (κ1) is 24.9. The maximum absolute atomic E-state index is 14.4. The molecule has 0 aliphatic heterocycles. The Balaban J connectivity index is 1.89. The molecule has 0 unspecified atom stereocenters. The molecule has 0 radical (unpaired) electrons. The minimum Gasteiger partial charge on any atom is -0.456 e. The van der Waals surface area contributed by atoms with E-state index in [9.17, 15) is 22.0 Å². The van der Waals surface area contributed by atoms with Gasteiger partial charge in [0.25, 0.3) is 5.56 Å². The number of pyridine rings is 2. The zero-order valence-electron chi connectivity index (χ0n) is 19.2. The first-order valence-corrected chi connectivity index (χ1v) is 12.4. The Labute approximate surface area is 205 Å². The standard InChI is InChI=1S/C25H21F2N3O5S/c1-3-36(32,33)29-17-5-7-22(35-23-6-4-16(26)12-21(23)27)19(13-17)20-15-30(2)25(31)14-24(20)34-18-8-10-28-11-9-18/h4-15,29H,3H2,1-2H3. The smallest absolute Gasteiger partial charge is 0.254 e. The van der Waals surface area contributed by atoms with Crippen LogP contribution in [0.3, 0.4) is 0 Å². The molecule has 0 saturated heterocycles. The van der Waals surface area contributed by atoms with E-state index in [2.05, 4.69) is 9.71 Å². The second-order valence-electron chi connectivity index (χ2n) is 7.68. The van der Waals surface area contributed by atoms with E-state index in [1.165, 1.54) is 61.4 Å². The van der Waals surface area contributed by atoms with Crippen LogP contribution in [0, 0.1) is 11.6 Å². The van der Waals surface area contributed by atoms with Gasteiger partial charge in [0.2, 0.25) is 10.0 Å². The fraction of sp³-hybridized carbons (Fsp3) is 0.120. The molecule has 186 valence electrons. The van der Waals surface area contributed by atoms with Crippen molar-refractivity contribution in [3.8, 4) is 34.1 Å². The van der Waals surface area contributed by atoms with Crippen molar-refractivity contribution in [2.24, 2.45) is 7.05 Å². The number of sulfonamides is 1. The van der Waals surface area contributed by atoms with Crippen LogP contribution in [0.5, 0.6) is 23.0 Å². The molecule has 4 aromatic rings. The summed E-state index contributed by atoms with van der Waals surface area (Å²) in [6.07, 6.45) is 4.52. The molecule has 0 bridgehead atoms. The van der Waals surface area contributed by atoms with Crippen molar-refractivity contribution < 1.29 is 26.7 Å². The molecule has 2 aromatic heterocycles. The molecule has 11 heteroatoms. The summed E-state index contributed by atoms with van der Waals surface area (Å²) < 4.78 is 67.6. The first-order chi connectivity index (χ1) is 17.1. The number of anilines is 1. The number of rotatable bonds is 8. The van der Waals surface area contributed by atoms with Crippen LogP contribution in [-0.2, 0) is 17.1 Å². The lowest BCUT2D eigenvalue weighted by Gasteiger charge is -2.18. The number of nitrogens with zero attached hydrogens (tertiary/aromatic N) is 2. The lowest BCUT2D eigenvalue weighted by molar-refractivity contribution is 0.438. The van der Waals surface area contributed by atoms with Crippen molar-refractivity contribution in [1.82, 2.24) is 9.55 Å². The minimum absolute atomic E-state index is 0.109. The Morgan fingerprint density at radius 2 is 1.64 bits per heavy atom. The van der Waals surface area contributed by atoms with E-state index in [1.807, 2.05) is 0 Å². The summed E-state index contributed by atoms with van der Waals surface area (Å²) >= 11 is 0. The largest absolute Gasteiger partial charge is 0.456 e. The summed E-state index contributed by atoms with van der Waals surface area (Å²) in [4.78, 5) is 16.4. The zero-order valence-corrected chi connectivity index (χ0v) is 20.1. The van der Waals surface area contributed by atoms with Gasteiger partial charge in [0, 0.05) is 54.6 Å². The van der Waals surface area contributed by atoms with Crippen LogP contribution in [0.2, 0.25) is 0 Å². The van der Waals surface area contributed by atoms with Crippen LogP contribution in [-0.4, -0.2) is 23.7 Å². The number of hydrogen-bond acceptors (Lipinski definition) is 6. The van der Waals surface area contributed by atoms with Gasteiger partial charge in [0.05, 0.1) is 5.75 Å². The molecular weight excluding hydrogens is 492 g/mol. The third kappa shape index (κ3) is 5.69. The van der Waals surface area contributed by atoms with Crippen LogP contribution < -0.4 is 19.8 Å². The number of halogens is 2. The highest BCUT2D eigenvalue weighted by atomic mass is 32.2. The van der Waals surface area contributed by atoms with Gasteiger partial charge in [0.1, 0.15) is 23.1 Å². The van der Waals surface area contributed by atoms with Crippen LogP contribution in [0.1, 0.15) is 6.92 Å². The van der Waals surface area contributed by atoms with Gasteiger partial charge in [-0.25, -0.2) is 17.2 Å². The van der Waals surface area contributed by atoms with Gasteiger partial charge in [-0.05, 0) is 49.4 Å². The van der Waals surface area contributed by atoms with Gasteiger partial charge in [0.15, 0.2) is 11.6 Å². The normalized spacial score (nSPS) is 11.2. The number of benzene rings is 2. The van der Waals surface area contributed by atoms with E-state index < -0.39 is 21.7 Å². The van der Waals surface area contributed by atoms with Crippen LogP contribution in [0.25, 0.3) is 11.1 Å². The molecule has 0 atom stereocenters. The van der Waals surface area contributed by atoms with E-state index in [-0.39, 0.29) is 39.8 Å². The summed E-state index contributed by atoms with van der Waals surface area (Å²) in [7, 11) is -2.08. The molecule has 0 aliphatic carbocycles. The topological polar surface area (TPSA) is 99.5 Å². The van der Waals surface area contributed by atoms with Crippen molar-refractivity contribution in [3.63, 3.8) is 0 Å². The van der Waals surface area contributed by atoms with Gasteiger partial charge in [-0.3, -0.25) is 14.5 Å². The number of aromatic nitrogens is 2. The Kier molecular flexibility index (Phi) is 7.02. The highest BCUT2D eigenvalue weighted by Crippen LogP contribution is 2.41. The van der Waals surface area contributed by atoms with E-state index in [4.69, 9.17) is 9.47 Å². The SMILES string of the molecule is CCS(=O)(=O)Nc1ccc(Oc2ccc(F)cc2F)c(-c2cn(C)c(=O)cc2Oc2ccncc2)c1. The van der Waals surface area contributed by atoms with Crippen LogP contribution >= 0.6 is 0 Å². The average Bonchev–Trinajstić information content (AvgIpc) is 2.84. The molecule has 0 saturated carbocycles. The maximum Gasteiger partial charge on any atom is 0.254 e. The van der Waals surface area contributed by atoms with Crippen molar-refractivity contribution in [3.05, 3.63) is 95.2 Å².